The number of benzene rings is 1. The van der Waals surface area contributed by atoms with E-state index in [2.05, 4.69) is 20.9 Å². The van der Waals surface area contributed by atoms with Gasteiger partial charge >= 0.3 is 0 Å². The monoisotopic (exact) mass is 337 g/mol. The van der Waals surface area contributed by atoms with E-state index in [1.54, 1.807) is 12.3 Å². The molecule has 0 saturated heterocycles. The smallest absolute Gasteiger partial charge is 0.170 e. The summed E-state index contributed by atoms with van der Waals surface area (Å²) in [5.74, 6) is -0.0208. The van der Waals surface area contributed by atoms with Gasteiger partial charge in [0.25, 0.3) is 0 Å². The molecule has 0 N–H and O–H groups in total. The molecule has 4 heteroatoms. The van der Waals surface area contributed by atoms with E-state index in [-0.39, 0.29) is 10.9 Å². The van der Waals surface area contributed by atoms with Gasteiger partial charge in [-0.15, -0.1) is 0 Å². The molecule has 0 aliphatic carbocycles. The Bertz CT molecular complexity index is 640. The Morgan fingerprint density at radius 3 is 2.84 bits per heavy atom. The van der Waals surface area contributed by atoms with E-state index in [0.29, 0.717) is 12.0 Å². The quantitative estimate of drug-likeness (QED) is 0.607. The zero-order chi connectivity index (χ0) is 14.0. The Morgan fingerprint density at radius 1 is 1.37 bits per heavy atom. The summed E-state index contributed by atoms with van der Waals surface area (Å²) in [5, 5.41) is 0.249. The molecule has 1 heterocycles. The molecule has 0 saturated carbocycles. The van der Waals surface area contributed by atoms with Gasteiger partial charge in [-0.25, -0.2) is 4.98 Å². The first-order valence-corrected chi connectivity index (χ1v) is 7.05. The maximum atomic E-state index is 12.3. The van der Waals surface area contributed by atoms with Crippen molar-refractivity contribution in [3.63, 3.8) is 0 Å². The molecular weight excluding hydrogens is 326 g/mol. The number of ketones is 1. The minimum atomic E-state index is -0.0208. The van der Waals surface area contributed by atoms with Crippen LogP contribution in [0.3, 0.4) is 0 Å². The van der Waals surface area contributed by atoms with Gasteiger partial charge in [0.05, 0.1) is 5.56 Å². The van der Waals surface area contributed by atoms with E-state index < -0.39 is 0 Å². The first kappa shape index (κ1) is 14.2. The highest BCUT2D eigenvalue weighted by molar-refractivity contribution is 9.10. The van der Waals surface area contributed by atoms with Crippen molar-refractivity contribution < 1.29 is 4.79 Å². The van der Waals surface area contributed by atoms with Crippen LogP contribution in [-0.2, 0) is 6.42 Å². The molecular formula is C15H13BrClNO. The number of aromatic nitrogens is 1. The van der Waals surface area contributed by atoms with Gasteiger partial charge in [0, 0.05) is 17.1 Å². The van der Waals surface area contributed by atoms with Gasteiger partial charge in [0.15, 0.2) is 5.78 Å². The van der Waals surface area contributed by atoms with Gasteiger partial charge in [-0.3, -0.25) is 4.79 Å². The third-order valence-corrected chi connectivity index (χ3v) is 3.91. The molecule has 0 radical (unpaired) electrons. The molecule has 2 aromatic rings. The highest BCUT2D eigenvalue weighted by atomic mass is 79.9. The van der Waals surface area contributed by atoms with E-state index in [1.165, 1.54) is 5.56 Å². The number of hydrogen-bond donors (Lipinski definition) is 0. The molecule has 0 fully saturated rings. The summed E-state index contributed by atoms with van der Waals surface area (Å²) in [6.07, 6.45) is 1.92. The van der Waals surface area contributed by atoms with Crippen LogP contribution in [0.5, 0.6) is 0 Å². The lowest BCUT2D eigenvalue weighted by molar-refractivity contribution is 0.0992. The number of pyridine rings is 1. The molecule has 2 nitrogen and oxygen atoms in total. The Kier molecular flexibility index (Phi) is 4.38. The third kappa shape index (κ3) is 3.23. The topological polar surface area (TPSA) is 30.0 Å². The van der Waals surface area contributed by atoms with Crippen LogP contribution in [0, 0.1) is 13.8 Å². The first-order chi connectivity index (χ1) is 8.99. The summed E-state index contributed by atoms with van der Waals surface area (Å²) in [6, 6.07) is 7.69. The molecule has 19 heavy (non-hydrogen) atoms. The average molecular weight is 339 g/mol. The van der Waals surface area contributed by atoms with E-state index >= 15 is 0 Å². The second kappa shape index (κ2) is 5.85. The fourth-order valence-electron chi connectivity index (χ4n) is 1.89. The van der Waals surface area contributed by atoms with Crippen molar-refractivity contribution in [1.29, 1.82) is 0 Å². The predicted molar refractivity (Wildman–Crippen MR) is 80.9 cm³/mol. The van der Waals surface area contributed by atoms with Crippen molar-refractivity contribution in [3.8, 4) is 0 Å². The molecule has 0 aliphatic rings. The summed E-state index contributed by atoms with van der Waals surface area (Å²) < 4.78 is 0.751. The van der Waals surface area contributed by atoms with Crippen molar-refractivity contribution in [2.24, 2.45) is 0 Å². The Hall–Kier alpha value is -1.19. The largest absolute Gasteiger partial charge is 0.294 e. The lowest BCUT2D eigenvalue weighted by Gasteiger charge is -2.08. The molecule has 2 rings (SSSR count). The Balaban J connectivity index is 2.31. The normalized spacial score (nSPS) is 10.5. The highest BCUT2D eigenvalue weighted by Gasteiger charge is 2.14. The van der Waals surface area contributed by atoms with Crippen LogP contribution in [-0.4, -0.2) is 10.8 Å². The van der Waals surface area contributed by atoms with Crippen LogP contribution >= 0.6 is 27.5 Å². The second-order valence-electron chi connectivity index (χ2n) is 4.45. The average Bonchev–Trinajstić information content (AvgIpc) is 2.38. The standard InChI is InChI=1S/C15H13BrClNO/c1-9-4-3-5-11(10(9)2)6-14(19)13-7-12(16)8-18-15(13)17/h3-5,7-8H,6H2,1-2H3. The van der Waals surface area contributed by atoms with Crippen LogP contribution in [0.4, 0.5) is 0 Å². The molecule has 0 spiro atoms. The maximum Gasteiger partial charge on any atom is 0.170 e. The van der Waals surface area contributed by atoms with Gasteiger partial charge in [-0.1, -0.05) is 29.8 Å². The van der Waals surface area contributed by atoms with Gasteiger partial charge in [0.1, 0.15) is 5.15 Å². The number of halogens is 2. The summed E-state index contributed by atoms with van der Waals surface area (Å²) in [6.45, 7) is 4.07. The van der Waals surface area contributed by atoms with Crippen LogP contribution in [0.25, 0.3) is 0 Å². The van der Waals surface area contributed by atoms with E-state index in [1.807, 2.05) is 32.0 Å². The summed E-state index contributed by atoms with van der Waals surface area (Å²) in [7, 11) is 0. The minimum Gasteiger partial charge on any atom is -0.294 e. The van der Waals surface area contributed by atoms with Crippen molar-refractivity contribution in [3.05, 3.63) is 62.3 Å². The molecule has 98 valence electrons. The summed E-state index contributed by atoms with van der Waals surface area (Å²) in [4.78, 5) is 16.3. The highest BCUT2D eigenvalue weighted by Crippen LogP contribution is 2.21. The lowest BCUT2D eigenvalue weighted by Crippen LogP contribution is -2.07. The SMILES string of the molecule is Cc1cccc(CC(=O)c2cc(Br)cnc2Cl)c1C. The summed E-state index contributed by atoms with van der Waals surface area (Å²) >= 11 is 9.28. The third-order valence-electron chi connectivity index (χ3n) is 3.17. The molecule has 0 amide bonds. The Labute approximate surface area is 126 Å². The zero-order valence-electron chi connectivity index (χ0n) is 10.7. The van der Waals surface area contributed by atoms with Gasteiger partial charge in [-0.05, 0) is 52.5 Å². The van der Waals surface area contributed by atoms with E-state index in [4.69, 9.17) is 11.6 Å². The lowest BCUT2D eigenvalue weighted by atomic mass is 9.97. The molecule has 0 unspecified atom stereocenters. The minimum absolute atomic E-state index is 0.0208. The van der Waals surface area contributed by atoms with Crippen molar-refractivity contribution in [1.82, 2.24) is 4.98 Å². The number of carbonyl (C=O) groups is 1. The molecule has 1 aromatic carbocycles. The van der Waals surface area contributed by atoms with Crippen LogP contribution in [0.15, 0.2) is 34.9 Å². The van der Waals surface area contributed by atoms with Crippen LogP contribution in [0.1, 0.15) is 27.0 Å². The summed E-state index contributed by atoms with van der Waals surface area (Å²) in [5.41, 5.74) is 3.82. The van der Waals surface area contributed by atoms with Gasteiger partial charge in [0.2, 0.25) is 0 Å². The molecule has 1 aromatic heterocycles. The van der Waals surface area contributed by atoms with Crippen LogP contribution in [0.2, 0.25) is 5.15 Å². The molecule has 0 aliphatic heterocycles. The zero-order valence-corrected chi connectivity index (χ0v) is 13.0. The number of nitrogens with zero attached hydrogens (tertiary/aromatic N) is 1. The first-order valence-electron chi connectivity index (χ1n) is 5.88. The van der Waals surface area contributed by atoms with Gasteiger partial charge < -0.3 is 0 Å². The van der Waals surface area contributed by atoms with Crippen molar-refractivity contribution in [2.45, 2.75) is 20.3 Å². The van der Waals surface area contributed by atoms with Crippen molar-refractivity contribution in [2.75, 3.05) is 0 Å². The van der Waals surface area contributed by atoms with Gasteiger partial charge in [-0.2, -0.15) is 0 Å². The Morgan fingerprint density at radius 2 is 2.11 bits per heavy atom. The molecule has 0 bridgehead atoms. The fourth-order valence-corrected chi connectivity index (χ4v) is 2.43. The maximum absolute atomic E-state index is 12.3. The number of carbonyl (C=O) groups excluding carboxylic acids is 1. The van der Waals surface area contributed by atoms with E-state index in [0.717, 1.165) is 15.6 Å². The molecule has 0 atom stereocenters. The predicted octanol–water partition coefficient (Wildman–Crippen LogP) is 4.54. The van der Waals surface area contributed by atoms with E-state index in [9.17, 15) is 4.79 Å². The number of hydrogen-bond acceptors (Lipinski definition) is 2. The number of aryl methyl sites for hydroxylation is 1. The number of rotatable bonds is 3. The van der Waals surface area contributed by atoms with Crippen molar-refractivity contribution >= 4 is 33.3 Å². The van der Waals surface area contributed by atoms with Crippen LogP contribution < -0.4 is 0 Å². The fraction of sp³-hybridized carbons (Fsp3) is 0.200. The number of Topliss-reactive ketones (excluding diaryl/α,β-unsaturated/α-hetero) is 1. The second-order valence-corrected chi connectivity index (χ2v) is 5.72.